The molecule has 6 heteroatoms. The van der Waals surface area contributed by atoms with Crippen LogP contribution < -0.4 is 0 Å². The minimum absolute atomic E-state index is 0.234. The van der Waals surface area contributed by atoms with E-state index < -0.39 is 5.97 Å². The topological polar surface area (TPSA) is 55.1 Å². The summed E-state index contributed by atoms with van der Waals surface area (Å²) in [6.07, 6.45) is 0. The van der Waals surface area contributed by atoms with Crippen molar-refractivity contribution in [3.8, 4) is 0 Å². The molecule has 1 aromatic heterocycles. The van der Waals surface area contributed by atoms with Crippen molar-refractivity contribution in [2.24, 2.45) is 0 Å². The van der Waals surface area contributed by atoms with Crippen molar-refractivity contribution in [2.45, 2.75) is 24.4 Å². The van der Waals surface area contributed by atoms with Crippen LogP contribution in [-0.4, -0.2) is 20.6 Å². The highest BCUT2D eigenvalue weighted by atomic mass is 32.2. The third-order valence-electron chi connectivity index (χ3n) is 4.66. The van der Waals surface area contributed by atoms with Crippen LogP contribution in [0.25, 0.3) is 11.0 Å². The Morgan fingerprint density at radius 2 is 1.86 bits per heavy atom. The van der Waals surface area contributed by atoms with Crippen LogP contribution in [0.1, 0.15) is 27.0 Å². The average Bonchev–Trinajstić information content (AvgIpc) is 3.04. The third-order valence-corrected chi connectivity index (χ3v) is 5.71. The molecule has 0 spiro atoms. The van der Waals surface area contributed by atoms with Crippen molar-refractivity contribution in [1.29, 1.82) is 0 Å². The van der Waals surface area contributed by atoms with E-state index in [1.54, 1.807) is 42.1 Å². The van der Waals surface area contributed by atoms with Crippen LogP contribution in [0.5, 0.6) is 0 Å². The Morgan fingerprint density at radius 3 is 2.59 bits per heavy atom. The maximum absolute atomic E-state index is 13.2. The highest BCUT2D eigenvalue weighted by Crippen LogP contribution is 2.28. The number of hydrogen-bond donors (Lipinski definition) is 1. The van der Waals surface area contributed by atoms with Crippen LogP contribution in [0.2, 0.25) is 0 Å². The van der Waals surface area contributed by atoms with E-state index in [0.29, 0.717) is 12.3 Å². The van der Waals surface area contributed by atoms with E-state index in [1.165, 1.54) is 17.7 Å². The van der Waals surface area contributed by atoms with Crippen LogP contribution in [0, 0.1) is 12.7 Å². The minimum atomic E-state index is -0.962. The smallest absolute Gasteiger partial charge is 0.335 e. The lowest BCUT2D eigenvalue weighted by atomic mass is 10.1. The normalized spacial score (nSPS) is 11.1. The molecule has 0 amide bonds. The van der Waals surface area contributed by atoms with Gasteiger partial charge in [-0.3, -0.25) is 0 Å². The molecule has 0 unspecified atom stereocenters. The quantitative estimate of drug-likeness (QED) is 0.428. The fraction of sp³-hybridized carbons (Fsp3) is 0.130. The lowest BCUT2D eigenvalue weighted by molar-refractivity contribution is 0.0697. The van der Waals surface area contributed by atoms with Gasteiger partial charge in [-0.15, -0.1) is 0 Å². The Morgan fingerprint density at radius 1 is 1.07 bits per heavy atom. The van der Waals surface area contributed by atoms with Crippen molar-refractivity contribution in [3.05, 3.63) is 94.8 Å². The molecule has 0 radical (unpaired) electrons. The molecule has 0 fully saturated rings. The van der Waals surface area contributed by atoms with E-state index in [1.807, 2.05) is 29.7 Å². The van der Waals surface area contributed by atoms with Gasteiger partial charge in [0.15, 0.2) is 5.16 Å². The van der Waals surface area contributed by atoms with Gasteiger partial charge in [0.25, 0.3) is 0 Å². The summed E-state index contributed by atoms with van der Waals surface area (Å²) in [4.78, 5) is 16.2. The Kier molecular flexibility index (Phi) is 5.36. The van der Waals surface area contributed by atoms with E-state index in [4.69, 9.17) is 4.98 Å². The summed E-state index contributed by atoms with van der Waals surface area (Å²) in [6.45, 7) is 2.63. The second kappa shape index (κ2) is 8.09. The first-order valence-corrected chi connectivity index (χ1v) is 10.1. The van der Waals surface area contributed by atoms with Crippen LogP contribution >= 0.6 is 11.8 Å². The zero-order valence-electron chi connectivity index (χ0n) is 15.8. The molecule has 0 bridgehead atoms. The maximum atomic E-state index is 13.2. The lowest BCUT2D eigenvalue weighted by Crippen LogP contribution is -2.03. The molecule has 0 saturated carbocycles. The molecule has 4 nitrogen and oxygen atoms in total. The monoisotopic (exact) mass is 406 g/mol. The summed E-state index contributed by atoms with van der Waals surface area (Å²) >= 11 is 1.55. The number of carboxylic acids is 1. The van der Waals surface area contributed by atoms with Gasteiger partial charge in [0.05, 0.1) is 23.1 Å². The fourth-order valence-electron chi connectivity index (χ4n) is 3.22. The minimum Gasteiger partial charge on any atom is -0.478 e. The van der Waals surface area contributed by atoms with Crippen molar-refractivity contribution < 1.29 is 14.3 Å². The molecule has 0 atom stereocenters. The maximum Gasteiger partial charge on any atom is 0.335 e. The van der Waals surface area contributed by atoms with Crippen molar-refractivity contribution in [2.75, 3.05) is 0 Å². The van der Waals surface area contributed by atoms with Gasteiger partial charge in [-0.25, -0.2) is 14.2 Å². The first-order chi connectivity index (χ1) is 14.0. The van der Waals surface area contributed by atoms with Gasteiger partial charge < -0.3 is 9.67 Å². The Balaban J connectivity index is 1.73. The second-order valence-corrected chi connectivity index (χ2v) is 7.84. The van der Waals surface area contributed by atoms with Gasteiger partial charge >= 0.3 is 5.97 Å². The summed E-state index contributed by atoms with van der Waals surface area (Å²) in [5.74, 6) is -0.578. The number of aryl methyl sites for hydroxylation is 1. The van der Waals surface area contributed by atoms with Gasteiger partial charge in [0.2, 0.25) is 0 Å². The number of imidazole rings is 1. The zero-order valence-corrected chi connectivity index (χ0v) is 16.6. The van der Waals surface area contributed by atoms with Gasteiger partial charge in [0.1, 0.15) is 5.82 Å². The molecule has 3 aromatic carbocycles. The number of aromatic nitrogens is 2. The van der Waals surface area contributed by atoms with Gasteiger partial charge in [-0.2, -0.15) is 0 Å². The van der Waals surface area contributed by atoms with Gasteiger partial charge in [0, 0.05) is 5.75 Å². The van der Waals surface area contributed by atoms with E-state index in [0.717, 1.165) is 27.3 Å². The van der Waals surface area contributed by atoms with Crippen LogP contribution in [0.15, 0.2) is 71.9 Å². The number of benzene rings is 3. The largest absolute Gasteiger partial charge is 0.478 e. The summed E-state index contributed by atoms with van der Waals surface area (Å²) < 4.78 is 15.2. The standard InChI is InChI=1S/C23H19FN2O2S/c1-15-3-2-4-17(11-15)13-26-21-12-18(22(27)28)7-10-20(21)25-23(26)29-14-16-5-8-19(24)9-6-16/h2-12H,13-14H2,1H3,(H,27,28). The van der Waals surface area contributed by atoms with Crippen LogP contribution in [-0.2, 0) is 12.3 Å². The molecule has 0 aliphatic carbocycles. The highest BCUT2D eigenvalue weighted by Gasteiger charge is 2.15. The SMILES string of the molecule is Cc1cccc(Cn2c(SCc3ccc(F)cc3)nc3ccc(C(=O)O)cc32)c1. The molecular formula is C23H19FN2O2S. The van der Waals surface area contributed by atoms with Gasteiger partial charge in [-0.05, 0) is 48.4 Å². The van der Waals surface area contributed by atoms with E-state index in [9.17, 15) is 14.3 Å². The van der Waals surface area contributed by atoms with E-state index >= 15 is 0 Å². The summed E-state index contributed by atoms with van der Waals surface area (Å²) in [5, 5.41) is 10.2. The molecule has 0 aliphatic heterocycles. The molecule has 0 saturated heterocycles. The molecule has 0 aliphatic rings. The van der Waals surface area contributed by atoms with E-state index in [-0.39, 0.29) is 11.4 Å². The Labute approximate surface area is 172 Å². The van der Waals surface area contributed by atoms with Crippen molar-refractivity contribution >= 4 is 28.8 Å². The average molecular weight is 406 g/mol. The molecule has 29 heavy (non-hydrogen) atoms. The number of carbonyl (C=O) groups is 1. The number of nitrogens with zero attached hydrogens (tertiary/aromatic N) is 2. The predicted octanol–water partition coefficient (Wildman–Crippen LogP) is 5.52. The van der Waals surface area contributed by atoms with Crippen molar-refractivity contribution in [3.63, 3.8) is 0 Å². The number of carboxylic acid groups (broad SMARTS) is 1. The number of fused-ring (bicyclic) bond motifs is 1. The highest BCUT2D eigenvalue weighted by molar-refractivity contribution is 7.98. The number of rotatable bonds is 6. The summed E-state index contributed by atoms with van der Waals surface area (Å²) in [7, 11) is 0. The summed E-state index contributed by atoms with van der Waals surface area (Å²) in [6, 6.07) is 19.6. The molecule has 4 aromatic rings. The Hall–Kier alpha value is -3.12. The molecule has 1 N–H and O–H groups in total. The number of hydrogen-bond acceptors (Lipinski definition) is 3. The zero-order chi connectivity index (χ0) is 20.4. The Bertz CT molecular complexity index is 1190. The number of thioether (sulfide) groups is 1. The molecule has 4 rings (SSSR count). The molecular weight excluding hydrogens is 387 g/mol. The number of halogens is 1. The van der Waals surface area contributed by atoms with E-state index in [2.05, 4.69) is 6.07 Å². The van der Waals surface area contributed by atoms with Gasteiger partial charge in [-0.1, -0.05) is 53.7 Å². The number of aromatic carboxylic acids is 1. The molecule has 146 valence electrons. The third kappa shape index (κ3) is 4.32. The lowest BCUT2D eigenvalue weighted by Gasteiger charge is -2.10. The van der Waals surface area contributed by atoms with Crippen LogP contribution in [0.4, 0.5) is 4.39 Å². The predicted molar refractivity (Wildman–Crippen MR) is 113 cm³/mol. The second-order valence-electron chi connectivity index (χ2n) is 6.89. The fourth-order valence-corrected chi connectivity index (χ4v) is 4.19. The van der Waals surface area contributed by atoms with Crippen molar-refractivity contribution in [1.82, 2.24) is 9.55 Å². The molecule has 1 heterocycles. The first kappa shape index (κ1) is 19.2. The first-order valence-electron chi connectivity index (χ1n) is 9.16. The van der Waals surface area contributed by atoms with Crippen LogP contribution in [0.3, 0.4) is 0 Å². The summed E-state index contributed by atoms with van der Waals surface area (Å²) in [5.41, 5.74) is 5.05.